The number of thioether (sulfide) groups is 1. The lowest BCUT2D eigenvalue weighted by Crippen LogP contribution is -2.44. The number of rotatable bonds is 1. The van der Waals surface area contributed by atoms with Crippen LogP contribution in [0.25, 0.3) is 0 Å². The number of aromatic nitrogens is 1. The van der Waals surface area contributed by atoms with Crippen molar-refractivity contribution in [1.82, 2.24) is 4.98 Å². The van der Waals surface area contributed by atoms with E-state index in [9.17, 15) is 19.5 Å². The van der Waals surface area contributed by atoms with Crippen LogP contribution in [0.15, 0.2) is 34.1 Å². The lowest BCUT2D eigenvalue weighted by atomic mass is 9.80. The number of H-pyrrole nitrogens is 1. The number of hydrogen-bond donors (Lipinski definition) is 2. The van der Waals surface area contributed by atoms with E-state index < -0.39 is 29.0 Å². The van der Waals surface area contributed by atoms with Crippen LogP contribution < -0.4 is 9.61 Å². The van der Waals surface area contributed by atoms with Crippen LogP contribution in [-0.4, -0.2) is 27.3 Å². The van der Waals surface area contributed by atoms with Gasteiger partial charge in [0.2, 0.25) is 0 Å². The number of carbonyl (C=O) groups excluding carboxylic acids is 1. The molecule has 0 radical (unpaired) electrons. The normalized spacial score (nSPS) is 25.6. The SMILES string of the molecule is O=C1Oc2ccccc2[C@@H]2c3sc(=O)[nH]c3S[C@@H](C(=O)O)[C@@H]12. The molecule has 2 aromatic rings. The van der Waals surface area contributed by atoms with Gasteiger partial charge in [-0.3, -0.25) is 14.4 Å². The Hall–Kier alpha value is -2.06. The van der Waals surface area contributed by atoms with Crippen molar-refractivity contribution in [2.24, 2.45) is 5.92 Å². The Morgan fingerprint density at radius 2 is 2.05 bits per heavy atom. The van der Waals surface area contributed by atoms with Crippen LogP contribution in [0.4, 0.5) is 0 Å². The van der Waals surface area contributed by atoms with Crippen LogP contribution in [0.5, 0.6) is 5.75 Å². The average Bonchev–Trinajstić information content (AvgIpc) is 2.86. The van der Waals surface area contributed by atoms with E-state index in [1.807, 2.05) is 12.1 Å². The van der Waals surface area contributed by atoms with Gasteiger partial charge in [-0.15, -0.1) is 0 Å². The standard InChI is InChI=1S/C14H9NO5S2/c16-12(17)10-8-7(9-11(21-10)15-14(19)22-9)5-3-1-2-4-6(5)20-13(8)18/h1-4,7-8,10H,(H,15,19)(H,16,17)/t7-,8-,10+/m0/s1. The zero-order chi connectivity index (χ0) is 15.4. The monoisotopic (exact) mass is 335 g/mol. The molecule has 0 aliphatic carbocycles. The number of esters is 1. The van der Waals surface area contributed by atoms with Gasteiger partial charge in [0.05, 0.1) is 10.9 Å². The summed E-state index contributed by atoms with van der Waals surface area (Å²) in [5.74, 6) is -2.52. The molecule has 0 saturated carbocycles. The Balaban J connectivity index is 1.99. The summed E-state index contributed by atoms with van der Waals surface area (Å²) in [6.07, 6.45) is 0. The van der Waals surface area contributed by atoms with Gasteiger partial charge in [0.25, 0.3) is 0 Å². The Kier molecular flexibility index (Phi) is 2.92. The molecule has 0 unspecified atom stereocenters. The molecule has 3 heterocycles. The van der Waals surface area contributed by atoms with Gasteiger partial charge in [-0.1, -0.05) is 41.3 Å². The molecule has 2 aliphatic heterocycles. The second-order valence-electron chi connectivity index (χ2n) is 5.05. The van der Waals surface area contributed by atoms with Crippen molar-refractivity contribution < 1.29 is 19.4 Å². The molecule has 0 saturated heterocycles. The predicted molar refractivity (Wildman–Crippen MR) is 79.6 cm³/mol. The number of hydrogen-bond acceptors (Lipinski definition) is 6. The number of carboxylic acids is 1. The van der Waals surface area contributed by atoms with E-state index in [0.717, 1.165) is 28.7 Å². The predicted octanol–water partition coefficient (Wildman–Crippen LogP) is 1.66. The summed E-state index contributed by atoms with van der Waals surface area (Å²) in [4.78, 5) is 38.7. The van der Waals surface area contributed by atoms with Gasteiger partial charge in [0, 0.05) is 16.4 Å². The molecule has 1 aromatic carbocycles. The molecule has 4 rings (SSSR count). The highest BCUT2D eigenvalue weighted by Crippen LogP contribution is 2.53. The van der Waals surface area contributed by atoms with E-state index in [-0.39, 0.29) is 4.87 Å². The topological polar surface area (TPSA) is 96.5 Å². The van der Waals surface area contributed by atoms with Crippen LogP contribution in [-0.2, 0) is 9.59 Å². The third kappa shape index (κ3) is 1.84. The van der Waals surface area contributed by atoms with Crippen LogP contribution in [0.3, 0.4) is 0 Å². The molecule has 22 heavy (non-hydrogen) atoms. The van der Waals surface area contributed by atoms with Gasteiger partial charge in [0.15, 0.2) is 0 Å². The van der Waals surface area contributed by atoms with Crippen molar-refractivity contribution in [2.75, 3.05) is 0 Å². The summed E-state index contributed by atoms with van der Waals surface area (Å²) in [7, 11) is 0. The van der Waals surface area contributed by atoms with Gasteiger partial charge in [0.1, 0.15) is 11.0 Å². The van der Waals surface area contributed by atoms with Crippen LogP contribution in [0, 0.1) is 5.92 Å². The third-order valence-corrected chi connectivity index (χ3v) is 6.24. The lowest BCUT2D eigenvalue weighted by molar-refractivity contribution is -0.147. The Morgan fingerprint density at radius 1 is 1.27 bits per heavy atom. The first kappa shape index (κ1) is 13.6. The summed E-state index contributed by atoms with van der Waals surface area (Å²) >= 11 is 2.03. The first-order valence-corrected chi connectivity index (χ1v) is 8.19. The number of carboxylic acid groups (broad SMARTS) is 1. The fourth-order valence-corrected chi connectivity index (χ4v) is 5.36. The Bertz CT molecular complexity index is 855. The molecule has 0 amide bonds. The number of nitrogens with one attached hydrogen (secondary N) is 1. The number of aliphatic carboxylic acids is 1. The minimum absolute atomic E-state index is 0.251. The molecule has 2 aliphatic rings. The highest BCUT2D eigenvalue weighted by molar-refractivity contribution is 8.00. The number of thiazole rings is 1. The number of benzene rings is 1. The molecular weight excluding hydrogens is 326 g/mol. The fraction of sp³-hybridized carbons (Fsp3) is 0.214. The molecule has 0 spiro atoms. The van der Waals surface area contributed by atoms with E-state index in [1.165, 1.54) is 0 Å². The number of para-hydroxylation sites is 1. The second-order valence-corrected chi connectivity index (χ2v) is 7.21. The van der Waals surface area contributed by atoms with Crippen molar-refractivity contribution in [1.29, 1.82) is 0 Å². The minimum atomic E-state index is -1.09. The average molecular weight is 335 g/mol. The summed E-state index contributed by atoms with van der Waals surface area (Å²) in [6.45, 7) is 0. The van der Waals surface area contributed by atoms with Crippen molar-refractivity contribution in [2.45, 2.75) is 16.2 Å². The maximum Gasteiger partial charge on any atom is 0.317 e. The summed E-state index contributed by atoms with van der Waals surface area (Å²) in [5, 5.41) is 9.01. The first-order valence-electron chi connectivity index (χ1n) is 6.49. The molecule has 3 atom stereocenters. The third-order valence-electron chi connectivity index (χ3n) is 3.83. The smallest absolute Gasteiger partial charge is 0.317 e. The zero-order valence-electron chi connectivity index (χ0n) is 10.9. The number of carbonyl (C=O) groups is 2. The van der Waals surface area contributed by atoms with Crippen LogP contribution >= 0.6 is 23.1 Å². The largest absolute Gasteiger partial charge is 0.480 e. The molecule has 112 valence electrons. The molecular formula is C14H9NO5S2. The quantitative estimate of drug-likeness (QED) is 0.608. The molecule has 0 bridgehead atoms. The number of ether oxygens (including phenoxy) is 1. The van der Waals surface area contributed by atoms with Gasteiger partial charge in [-0.05, 0) is 6.07 Å². The molecule has 2 N–H and O–H groups in total. The summed E-state index contributed by atoms with van der Waals surface area (Å²) < 4.78 is 5.30. The maximum absolute atomic E-state index is 12.3. The second kappa shape index (κ2) is 4.72. The van der Waals surface area contributed by atoms with E-state index in [1.54, 1.807) is 12.1 Å². The molecule has 1 aromatic heterocycles. The van der Waals surface area contributed by atoms with E-state index >= 15 is 0 Å². The molecule has 6 nitrogen and oxygen atoms in total. The van der Waals surface area contributed by atoms with Crippen molar-refractivity contribution in [3.05, 3.63) is 44.4 Å². The lowest BCUT2D eigenvalue weighted by Gasteiger charge is -2.37. The van der Waals surface area contributed by atoms with Crippen LogP contribution in [0.2, 0.25) is 0 Å². The van der Waals surface area contributed by atoms with Crippen molar-refractivity contribution >= 4 is 35.0 Å². The number of aromatic amines is 1. The van der Waals surface area contributed by atoms with Gasteiger partial charge >= 0.3 is 16.8 Å². The van der Waals surface area contributed by atoms with Gasteiger partial charge in [-0.25, -0.2) is 0 Å². The minimum Gasteiger partial charge on any atom is -0.480 e. The van der Waals surface area contributed by atoms with Gasteiger partial charge < -0.3 is 14.8 Å². The zero-order valence-corrected chi connectivity index (χ0v) is 12.6. The molecule has 0 fully saturated rings. The fourth-order valence-electron chi connectivity index (χ4n) is 2.96. The van der Waals surface area contributed by atoms with Gasteiger partial charge in [-0.2, -0.15) is 0 Å². The highest BCUT2D eigenvalue weighted by Gasteiger charge is 2.51. The van der Waals surface area contributed by atoms with Crippen molar-refractivity contribution in [3.63, 3.8) is 0 Å². The Morgan fingerprint density at radius 3 is 2.82 bits per heavy atom. The number of fused-ring (bicyclic) bond motifs is 5. The van der Waals surface area contributed by atoms with E-state index in [0.29, 0.717) is 15.7 Å². The highest BCUT2D eigenvalue weighted by atomic mass is 32.2. The first-order chi connectivity index (χ1) is 10.6. The summed E-state index contributed by atoms with van der Waals surface area (Å²) in [5.41, 5.74) is 0.746. The van der Waals surface area contributed by atoms with Crippen LogP contribution in [0.1, 0.15) is 16.4 Å². The van der Waals surface area contributed by atoms with E-state index in [2.05, 4.69) is 4.98 Å². The summed E-state index contributed by atoms with van der Waals surface area (Å²) in [6, 6.07) is 7.04. The Labute approximate surface area is 132 Å². The maximum atomic E-state index is 12.3. The molecule has 8 heteroatoms. The van der Waals surface area contributed by atoms with E-state index in [4.69, 9.17) is 4.74 Å². The van der Waals surface area contributed by atoms with Crippen molar-refractivity contribution in [3.8, 4) is 5.75 Å².